The van der Waals surface area contributed by atoms with Crippen molar-refractivity contribution in [2.45, 2.75) is 37.8 Å². The molecule has 0 N–H and O–H groups in total. The molecule has 176 valence electrons. The summed E-state index contributed by atoms with van der Waals surface area (Å²) in [7, 11) is 0. The Hall–Kier alpha value is -2.59. The van der Waals surface area contributed by atoms with Crippen LogP contribution in [0.1, 0.15) is 29.5 Å². The molecule has 0 bridgehead atoms. The smallest absolute Gasteiger partial charge is 0.417 e. The topological polar surface area (TPSA) is 59.1 Å². The highest BCUT2D eigenvalue weighted by atomic mass is 79.9. The summed E-state index contributed by atoms with van der Waals surface area (Å²) in [6.45, 7) is 2.86. The molecule has 33 heavy (non-hydrogen) atoms. The largest absolute Gasteiger partial charge is 0.463 e. The van der Waals surface area contributed by atoms with E-state index in [1.807, 2.05) is 0 Å². The monoisotopic (exact) mass is 526 g/mol. The Bertz CT molecular complexity index is 1020. The number of nitrogens with zero attached hydrogens (tertiary/aromatic N) is 2. The van der Waals surface area contributed by atoms with Crippen molar-refractivity contribution in [2.24, 2.45) is 0 Å². The molecular formula is C23H22BrF3N2O4. The average Bonchev–Trinajstić information content (AvgIpc) is 3.09. The third-order valence-corrected chi connectivity index (χ3v) is 6.70. The summed E-state index contributed by atoms with van der Waals surface area (Å²) in [6.07, 6.45) is -3.51. The van der Waals surface area contributed by atoms with E-state index in [2.05, 4.69) is 20.8 Å². The lowest BCUT2D eigenvalue weighted by molar-refractivity contribution is -0.138. The van der Waals surface area contributed by atoms with Crippen LogP contribution in [0, 0.1) is 0 Å². The number of anilines is 1. The lowest BCUT2D eigenvalue weighted by atomic mass is 9.91. The van der Waals surface area contributed by atoms with Crippen molar-refractivity contribution in [3.63, 3.8) is 0 Å². The van der Waals surface area contributed by atoms with Crippen molar-refractivity contribution in [3.05, 3.63) is 63.6 Å². The van der Waals surface area contributed by atoms with Crippen molar-refractivity contribution >= 4 is 34.2 Å². The summed E-state index contributed by atoms with van der Waals surface area (Å²) in [4.78, 5) is 26.6. The highest BCUT2D eigenvalue weighted by molar-refractivity contribution is 9.10. The van der Waals surface area contributed by atoms with E-state index in [1.54, 1.807) is 29.2 Å². The van der Waals surface area contributed by atoms with Gasteiger partial charge in [-0.2, -0.15) is 13.2 Å². The number of hydrogen-bond acceptors (Lipinski definition) is 5. The Morgan fingerprint density at radius 3 is 2.36 bits per heavy atom. The fourth-order valence-electron chi connectivity index (χ4n) is 4.25. The van der Waals surface area contributed by atoms with Crippen LogP contribution in [0.25, 0.3) is 0 Å². The van der Waals surface area contributed by atoms with Crippen molar-refractivity contribution < 1.29 is 32.2 Å². The maximum Gasteiger partial charge on any atom is 0.417 e. The zero-order valence-corrected chi connectivity index (χ0v) is 19.2. The van der Waals surface area contributed by atoms with E-state index in [0.29, 0.717) is 51.2 Å². The molecule has 0 aliphatic carbocycles. The molecule has 2 fully saturated rings. The number of benzene rings is 2. The van der Waals surface area contributed by atoms with Crippen molar-refractivity contribution in [1.82, 2.24) is 4.90 Å². The quantitative estimate of drug-likeness (QED) is 0.488. The predicted molar refractivity (Wildman–Crippen MR) is 118 cm³/mol. The number of ether oxygens (including phenoxy) is 2. The lowest BCUT2D eigenvalue weighted by Crippen LogP contribution is -2.46. The van der Waals surface area contributed by atoms with Gasteiger partial charge in [0, 0.05) is 42.6 Å². The summed E-state index contributed by atoms with van der Waals surface area (Å²) < 4.78 is 49.4. The molecule has 2 aromatic rings. The molecule has 6 nitrogen and oxygen atoms in total. The first-order valence-corrected chi connectivity index (χ1v) is 11.2. The third kappa shape index (κ3) is 5.33. The fraction of sp³-hybridized carbons (Fsp3) is 0.391. The molecule has 2 aromatic carbocycles. The van der Waals surface area contributed by atoms with Crippen LogP contribution < -0.4 is 4.90 Å². The van der Waals surface area contributed by atoms with Crippen LogP contribution in [0.3, 0.4) is 0 Å². The van der Waals surface area contributed by atoms with Crippen LogP contribution in [-0.2, 0) is 33.6 Å². The second-order valence-corrected chi connectivity index (χ2v) is 9.15. The third-order valence-electron chi connectivity index (χ3n) is 6.05. The minimum absolute atomic E-state index is 0.0325. The van der Waals surface area contributed by atoms with Crippen molar-refractivity contribution in [1.29, 1.82) is 0 Å². The molecule has 0 atom stereocenters. The molecule has 0 unspecified atom stereocenters. The summed E-state index contributed by atoms with van der Waals surface area (Å²) in [6, 6.07) is 11.3. The van der Waals surface area contributed by atoms with Gasteiger partial charge in [0.05, 0.1) is 12.1 Å². The van der Waals surface area contributed by atoms with Gasteiger partial charge >= 0.3 is 12.3 Å². The van der Waals surface area contributed by atoms with Crippen LogP contribution in [-0.4, -0.2) is 42.7 Å². The number of carbonyl (C=O) groups is 2. The number of likely N-dealkylation sites (tertiary alicyclic amines) is 1. The van der Waals surface area contributed by atoms with Crippen LogP contribution in [0.2, 0.25) is 0 Å². The van der Waals surface area contributed by atoms with E-state index in [1.165, 1.54) is 12.1 Å². The molecule has 2 heterocycles. The second-order valence-electron chi connectivity index (χ2n) is 8.30. The zero-order valence-electron chi connectivity index (χ0n) is 17.6. The number of amides is 1. The molecule has 0 radical (unpaired) electrons. The highest BCUT2D eigenvalue weighted by Gasteiger charge is 2.47. The van der Waals surface area contributed by atoms with E-state index >= 15 is 0 Å². The Labute approximate surface area is 197 Å². The minimum atomic E-state index is -4.39. The molecule has 4 rings (SSSR count). The molecule has 1 spiro atoms. The fourth-order valence-corrected chi connectivity index (χ4v) is 4.90. The van der Waals surface area contributed by atoms with Gasteiger partial charge in [-0.3, -0.25) is 14.6 Å². The van der Waals surface area contributed by atoms with Gasteiger partial charge in [0.2, 0.25) is 0 Å². The Morgan fingerprint density at radius 2 is 1.76 bits per heavy atom. The number of alkyl halides is 3. The number of hydrogen-bond donors (Lipinski definition) is 0. The van der Waals surface area contributed by atoms with Gasteiger partial charge in [-0.05, 0) is 35.4 Å². The van der Waals surface area contributed by atoms with E-state index in [-0.39, 0.29) is 11.1 Å². The van der Waals surface area contributed by atoms with E-state index in [9.17, 15) is 22.8 Å². The maximum absolute atomic E-state index is 13.0. The van der Waals surface area contributed by atoms with Gasteiger partial charge in [-0.15, -0.1) is 0 Å². The van der Waals surface area contributed by atoms with Gasteiger partial charge < -0.3 is 9.47 Å². The molecule has 2 aliphatic rings. The van der Waals surface area contributed by atoms with Gasteiger partial charge in [0.25, 0.3) is 6.47 Å². The first-order valence-electron chi connectivity index (χ1n) is 10.4. The van der Waals surface area contributed by atoms with E-state index in [0.717, 1.165) is 17.2 Å². The summed E-state index contributed by atoms with van der Waals surface area (Å²) in [5, 5.41) is 0. The van der Waals surface area contributed by atoms with Gasteiger partial charge in [0.1, 0.15) is 12.2 Å². The van der Waals surface area contributed by atoms with Gasteiger partial charge in [-0.25, -0.2) is 4.79 Å². The lowest BCUT2D eigenvalue weighted by Gasteiger charge is -2.37. The number of rotatable bonds is 6. The second kappa shape index (κ2) is 9.34. The number of halogens is 4. The molecular weight excluding hydrogens is 505 g/mol. The number of carbonyl (C=O) groups excluding carboxylic acids is 2. The standard InChI is InChI=1S/C23H22BrF3N2O4/c24-20-11-17(3-6-19(20)23(25,26)27)12-28-9-7-22(8-10-28)14-29(21(31)33-22)18-4-1-16(2-5-18)13-32-15-30/h1-6,11,15H,7-10,12-14H2. The number of piperidine rings is 1. The Balaban J connectivity index is 1.35. The summed E-state index contributed by atoms with van der Waals surface area (Å²) in [5.41, 5.74) is 1.05. The average molecular weight is 527 g/mol. The molecule has 10 heteroatoms. The summed E-state index contributed by atoms with van der Waals surface area (Å²) in [5.74, 6) is 0. The Morgan fingerprint density at radius 1 is 1.09 bits per heavy atom. The highest BCUT2D eigenvalue weighted by Crippen LogP contribution is 2.37. The molecule has 0 saturated carbocycles. The van der Waals surface area contributed by atoms with E-state index < -0.39 is 23.4 Å². The minimum Gasteiger partial charge on any atom is -0.463 e. The first kappa shape index (κ1) is 23.6. The SMILES string of the molecule is O=COCc1ccc(N2CC3(CCN(Cc4ccc(C(F)(F)F)c(Br)c4)CC3)OC2=O)cc1. The Kier molecular flexibility index (Phi) is 6.67. The first-order chi connectivity index (χ1) is 15.7. The predicted octanol–water partition coefficient (Wildman–Crippen LogP) is 5.13. The molecule has 1 amide bonds. The van der Waals surface area contributed by atoms with Crippen LogP contribution >= 0.6 is 15.9 Å². The van der Waals surface area contributed by atoms with Crippen molar-refractivity contribution in [2.75, 3.05) is 24.5 Å². The van der Waals surface area contributed by atoms with Crippen molar-refractivity contribution in [3.8, 4) is 0 Å². The molecule has 2 saturated heterocycles. The molecule has 0 aromatic heterocycles. The molecule has 2 aliphatic heterocycles. The van der Waals surface area contributed by atoms with Gasteiger partial charge in [-0.1, -0.05) is 34.1 Å². The zero-order chi connectivity index (χ0) is 23.6. The normalized spacial score (nSPS) is 18.4. The van der Waals surface area contributed by atoms with E-state index in [4.69, 9.17) is 9.47 Å². The maximum atomic E-state index is 13.0. The van der Waals surface area contributed by atoms with Crippen LogP contribution in [0.4, 0.5) is 23.7 Å². The van der Waals surface area contributed by atoms with Gasteiger partial charge in [0.15, 0.2) is 0 Å². The van der Waals surface area contributed by atoms with Crippen LogP contribution in [0.15, 0.2) is 46.9 Å². The van der Waals surface area contributed by atoms with Crippen LogP contribution in [0.5, 0.6) is 0 Å². The summed E-state index contributed by atoms with van der Waals surface area (Å²) >= 11 is 3.02.